The van der Waals surface area contributed by atoms with Crippen LogP contribution in [0.5, 0.6) is 0 Å². The molecule has 2 rings (SSSR count). The lowest BCUT2D eigenvalue weighted by Gasteiger charge is -2.22. The molecule has 0 aromatic heterocycles. The third kappa shape index (κ3) is 3.87. The van der Waals surface area contributed by atoms with Crippen molar-refractivity contribution in [1.29, 1.82) is 0 Å². The molecule has 2 N–H and O–H groups in total. The molecule has 1 aromatic carbocycles. The molecule has 0 saturated carbocycles. The second-order valence-electron chi connectivity index (χ2n) is 4.52. The van der Waals surface area contributed by atoms with E-state index in [1.807, 2.05) is 25.1 Å². The zero-order valence-electron chi connectivity index (χ0n) is 10.3. The lowest BCUT2D eigenvalue weighted by molar-refractivity contribution is -0.120. The Hall–Kier alpha value is -0.770. The molecule has 1 saturated heterocycles. The number of piperidine rings is 1. The fourth-order valence-electron chi connectivity index (χ4n) is 2.03. The number of carbonyl (C=O) groups excluding carboxylic acids is 1. The first-order valence-corrected chi connectivity index (χ1v) is 6.32. The molecule has 18 heavy (non-hydrogen) atoms. The van der Waals surface area contributed by atoms with Gasteiger partial charge in [0.1, 0.15) is 0 Å². The number of aryl methyl sites for hydroxylation is 1. The fraction of sp³-hybridized carbons (Fsp3) is 0.462. The summed E-state index contributed by atoms with van der Waals surface area (Å²) >= 11 is 6.08. The Kier molecular flexibility index (Phi) is 5.93. The van der Waals surface area contributed by atoms with Crippen LogP contribution in [-0.4, -0.2) is 19.0 Å². The Morgan fingerprint density at radius 3 is 2.89 bits per heavy atom. The van der Waals surface area contributed by atoms with Gasteiger partial charge in [-0.25, -0.2) is 0 Å². The summed E-state index contributed by atoms with van der Waals surface area (Å²) < 4.78 is 0. The minimum atomic E-state index is 0. The molecule has 3 nitrogen and oxygen atoms in total. The van der Waals surface area contributed by atoms with Crippen molar-refractivity contribution in [2.45, 2.75) is 19.8 Å². The van der Waals surface area contributed by atoms with Crippen molar-refractivity contribution in [2.75, 3.05) is 18.4 Å². The average molecular weight is 289 g/mol. The highest BCUT2D eigenvalue weighted by Gasteiger charge is 2.21. The van der Waals surface area contributed by atoms with Crippen LogP contribution >= 0.6 is 24.0 Å². The standard InChI is InChI=1S/C13H17ClN2O.ClH/c1-9-4-5-12(11(14)7-9)16-13(17)10-3-2-6-15-8-10;/h4-5,7,10,15H,2-3,6,8H2,1H3,(H,16,17);1H. The minimum absolute atomic E-state index is 0. The summed E-state index contributed by atoms with van der Waals surface area (Å²) in [5.74, 6) is 0.115. The van der Waals surface area contributed by atoms with Crippen LogP contribution in [0.3, 0.4) is 0 Å². The van der Waals surface area contributed by atoms with Crippen LogP contribution in [0.4, 0.5) is 5.69 Å². The highest BCUT2D eigenvalue weighted by Crippen LogP contribution is 2.24. The molecule has 1 amide bonds. The highest BCUT2D eigenvalue weighted by molar-refractivity contribution is 6.33. The van der Waals surface area contributed by atoms with Crippen molar-refractivity contribution < 1.29 is 4.79 Å². The predicted octanol–water partition coefficient (Wildman–Crippen LogP) is 3.01. The second-order valence-corrected chi connectivity index (χ2v) is 4.92. The van der Waals surface area contributed by atoms with Crippen molar-refractivity contribution in [3.8, 4) is 0 Å². The molecule has 1 heterocycles. The predicted molar refractivity (Wildman–Crippen MR) is 77.7 cm³/mol. The van der Waals surface area contributed by atoms with Gasteiger partial charge in [-0.3, -0.25) is 4.79 Å². The molecule has 0 aliphatic carbocycles. The van der Waals surface area contributed by atoms with Gasteiger partial charge in [-0.1, -0.05) is 17.7 Å². The summed E-state index contributed by atoms with van der Waals surface area (Å²) in [5.41, 5.74) is 1.79. The maximum atomic E-state index is 12.0. The van der Waals surface area contributed by atoms with Crippen LogP contribution in [0.25, 0.3) is 0 Å². The van der Waals surface area contributed by atoms with Crippen LogP contribution in [0.1, 0.15) is 18.4 Å². The summed E-state index contributed by atoms with van der Waals surface area (Å²) in [5, 5.41) is 6.73. The molecule has 1 aliphatic heterocycles. The van der Waals surface area contributed by atoms with Crippen LogP contribution in [0, 0.1) is 12.8 Å². The van der Waals surface area contributed by atoms with E-state index >= 15 is 0 Å². The van der Waals surface area contributed by atoms with E-state index in [2.05, 4.69) is 10.6 Å². The van der Waals surface area contributed by atoms with Crippen molar-refractivity contribution in [3.63, 3.8) is 0 Å². The van der Waals surface area contributed by atoms with E-state index in [4.69, 9.17) is 11.6 Å². The molecule has 1 aliphatic rings. The summed E-state index contributed by atoms with van der Waals surface area (Å²) in [6, 6.07) is 5.66. The van der Waals surface area contributed by atoms with E-state index in [1.54, 1.807) is 0 Å². The van der Waals surface area contributed by atoms with Crippen molar-refractivity contribution >= 4 is 35.6 Å². The Morgan fingerprint density at radius 1 is 1.50 bits per heavy atom. The summed E-state index contributed by atoms with van der Waals surface area (Å²) in [6.45, 7) is 3.74. The number of amides is 1. The Bertz CT molecular complexity index is 417. The number of nitrogens with one attached hydrogen (secondary N) is 2. The van der Waals surface area contributed by atoms with E-state index in [0.29, 0.717) is 10.7 Å². The second kappa shape index (κ2) is 6.98. The molecule has 100 valence electrons. The van der Waals surface area contributed by atoms with E-state index in [9.17, 15) is 4.79 Å². The normalized spacial score (nSPS) is 18.9. The molecule has 1 aromatic rings. The van der Waals surface area contributed by atoms with E-state index in [-0.39, 0.29) is 24.2 Å². The summed E-state index contributed by atoms with van der Waals surface area (Å²) in [7, 11) is 0. The Labute approximate surface area is 119 Å². The molecule has 1 fully saturated rings. The number of benzene rings is 1. The van der Waals surface area contributed by atoms with Gasteiger partial charge in [0.15, 0.2) is 0 Å². The number of anilines is 1. The van der Waals surface area contributed by atoms with Crippen molar-refractivity contribution in [2.24, 2.45) is 5.92 Å². The molecule has 0 bridgehead atoms. The van der Waals surface area contributed by atoms with Gasteiger partial charge in [0.05, 0.1) is 16.6 Å². The van der Waals surface area contributed by atoms with E-state index in [1.165, 1.54) is 0 Å². The number of hydrogen-bond donors (Lipinski definition) is 2. The number of halogens is 2. The number of hydrogen-bond acceptors (Lipinski definition) is 2. The van der Waals surface area contributed by atoms with E-state index in [0.717, 1.165) is 31.5 Å². The largest absolute Gasteiger partial charge is 0.324 e. The monoisotopic (exact) mass is 288 g/mol. The van der Waals surface area contributed by atoms with Gasteiger partial charge in [-0.05, 0) is 44.0 Å². The van der Waals surface area contributed by atoms with Crippen molar-refractivity contribution in [3.05, 3.63) is 28.8 Å². The van der Waals surface area contributed by atoms with Crippen LogP contribution < -0.4 is 10.6 Å². The SMILES string of the molecule is Cc1ccc(NC(=O)C2CCCNC2)c(Cl)c1.Cl. The smallest absolute Gasteiger partial charge is 0.228 e. The zero-order chi connectivity index (χ0) is 12.3. The Balaban J connectivity index is 0.00000162. The molecule has 1 unspecified atom stereocenters. The number of carbonyl (C=O) groups is 1. The zero-order valence-corrected chi connectivity index (χ0v) is 11.9. The third-order valence-electron chi connectivity index (χ3n) is 3.05. The molecular weight excluding hydrogens is 271 g/mol. The lowest BCUT2D eigenvalue weighted by atomic mass is 9.99. The summed E-state index contributed by atoms with van der Waals surface area (Å²) in [4.78, 5) is 12.0. The molecule has 5 heteroatoms. The molecule has 0 spiro atoms. The minimum Gasteiger partial charge on any atom is -0.324 e. The average Bonchev–Trinajstić information content (AvgIpc) is 2.34. The quantitative estimate of drug-likeness (QED) is 0.878. The van der Waals surface area contributed by atoms with Crippen LogP contribution in [0.15, 0.2) is 18.2 Å². The Morgan fingerprint density at radius 2 is 2.28 bits per heavy atom. The molecular formula is C13H18Cl2N2O. The maximum absolute atomic E-state index is 12.0. The lowest BCUT2D eigenvalue weighted by Crippen LogP contribution is -2.37. The fourth-order valence-corrected chi connectivity index (χ4v) is 2.31. The van der Waals surface area contributed by atoms with Gasteiger partial charge in [0.2, 0.25) is 5.91 Å². The van der Waals surface area contributed by atoms with Gasteiger partial charge in [0, 0.05) is 6.54 Å². The highest BCUT2D eigenvalue weighted by atomic mass is 35.5. The molecule has 1 atom stereocenters. The van der Waals surface area contributed by atoms with Gasteiger partial charge in [-0.2, -0.15) is 0 Å². The van der Waals surface area contributed by atoms with Gasteiger partial charge >= 0.3 is 0 Å². The van der Waals surface area contributed by atoms with Gasteiger partial charge < -0.3 is 10.6 Å². The summed E-state index contributed by atoms with van der Waals surface area (Å²) in [6.07, 6.45) is 2.00. The van der Waals surface area contributed by atoms with Crippen LogP contribution in [0.2, 0.25) is 5.02 Å². The third-order valence-corrected chi connectivity index (χ3v) is 3.36. The van der Waals surface area contributed by atoms with Crippen LogP contribution in [-0.2, 0) is 4.79 Å². The first-order chi connectivity index (χ1) is 8.16. The topological polar surface area (TPSA) is 41.1 Å². The first kappa shape index (κ1) is 15.3. The number of rotatable bonds is 2. The van der Waals surface area contributed by atoms with Crippen molar-refractivity contribution in [1.82, 2.24) is 5.32 Å². The van der Waals surface area contributed by atoms with Gasteiger partial charge in [-0.15, -0.1) is 12.4 Å². The maximum Gasteiger partial charge on any atom is 0.228 e. The first-order valence-electron chi connectivity index (χ1n) is 5.94. The molecule has 0 radical (unpaired) electrons. The van der Waals surface area contributed by atoms with Gasteiger partial charge in [0.25, 0.3) is 0 Å². The van der Waals surface area contributed by atoms with E-state index < -0.39 is 0 Å².